The molecule has 1 aromatic carbocycles. The SMILES string of the molecule is CC(C)=CC(=O)C[C@H](C)c1ccc(CO)cc1. The fourth-order valence-electron chi connectivity index (χ4n) is 1.75. The van der Waals surface area contributed by atoms with Crippen molar-refractivity contribution in [1.29, 1.82) is 0 Å². The Labute approximate surface area is 103 Å². The smallest absolute Gasteiger partial charge is 0.156 e. The highest BCUT2D eigenvalue weighted by molar-refractivity contribution is 5.90. The first kappa shape index (κ1) is 13.7. The molecule has 17 heavy (non-hydrogen) atoms. The van der Waals surface area contributed by atoms with Crippen LogP contribution in [0.15, 0.2) is 35.9 Å². The molecule has 0 unspecified atom stereocenters. The van der Waals surface area contributed by atoms with Crippen LogP contribution in [-0.2, 0) is 11.4 Å². The largest absolute Gasteiger partial charge is 0.392 e. The zero-order valence-electron chi connectivity index (χ0n) is 10.7. The number of aliphatic hydroxyl groups is 1. The summed E-state index contributed by atoms with van der Waals surface area (Å²) in [5.74, 6) is 0.384. The van der Waals surface area contributed by atoms with E-state index in [1.54, 1.807) is 6.08 Å². The van der Waals surface area contributed by atoms with E-state index in [0.717, 1.165) is 16.7 Å². The van der Waals surface area contributed by atoms with Crippen molar-refractivity contribution < 1.29 is 9.90 Å². The summed E-state index contributed by atoms with van der Waals surface area (Å²) in [7, 11) is 0. The zero-order valence-corrected chi connectivity index (χ0v) is 10.7. The summed E-state index contributed by atoms with van der Waals surface area (Å²) in [5, 5.41) is 8.95. The first-order valence-corrected chi connectivity index (χ1v) is 5.90. The second-order valence-corrected chi connectivity index (χ2v) is 4.69. The number of allylic oxidation sites excluding steroid dienone is 2. The summed E-state index contributed by atoms with van der Waals surface area (Å²) >= 11 is 0. The van der Waals surface area contributed by atoms with Crippen molar-refractivity contribution in [3.63, 3.8) is 0 Å². The Morgan fingerprint density at radius 3 is 2.35 bits per heavy atom. The van der Waals surface area contributed by atoms with Crippen molar-refractivity contribution in [2.45, 2.75) is 39.7 Å². The molecule has 0 spiro atoms. The molecular formula is C15H20O2. The van der Waals surface area contributed by atoms with Crippen LogP contribution in [0.5, 0.6) is 0 Å². The van der Waals surface area contributed by atoms with Gasteiger partial charge in [0.2, 0.25) is 0 Å². The molecule has 0 amide bonds. The third-order valence-corrected chi connectivity index (χ3v) is 2.69. The molecule has 2 heteroatoms. The highest BCUT2D eigenvalue weighted by Gasteiger charge is 2.09. The van der Waals surface area contributed by atoms with Crippen LogP contribution in [0.1, 0.15) is 44.2 Å². The van der Waals surface area contributed by atoms with Crippen LogP contribution in [0.2, 0.25) is 0 Å². The van der Waals surface area contributed by atoms with Gasteiger partial charge in [0, 0.05) is 6.42 Å². The molecule has 0 saturated heterocycles. The van der Waals surface area contributed by atoms with Crippen molar-refractivity contribution in [3.8, 4) is 0 Å². The summed E-state index contributed by atoms with van der Waals surface area (Å²) in [6.07, 6.45) is 2.22. The molecule has 2 nitrogen and oxygen atoms in total. The molecular weight excluding hydrogens is 212 g/mol. The van der Waals surface area contributed by atoms with Gasteiger partial charge < -0.3 is 5.11 Å². The predicted molar refractivity (Wildman–Crippen MR) is 69.8 cm³/mol. The van der Waals surface area contributed by atoms with E-state index < -0.39 is 0 Å². The summed E-state index contributed by atoms with van der Waals surface area (Å²) in [6, 6.07) is 7.76. The van der Waals surface area contributed by atoms with E-state index in [2.05, 4.69) is 0 Å². The lowest BCUT2D eigenvalue weighted by Crippen LogP contribution is -2.02. The van der Waals surface area contributed by atoms with Gasteiger partial charge in [-0.05, 0) is 37.0 Å². The lowest BCUT2D eigenvalue weighted by molar-refractivity contribution is -0.114. The monoisotopic (exact) mass is 232 g/mol. The third kappa shape index (κ3) is 4.53. The number of hydrogen-bond acceptors (Lipinski definition) is 2. The molecule has 0 fully saturated rings. The molecule has 0 bridgehead atoms. The number of carbonyl (C=O) groups excluding carboxylic acids is 1. The van der Waals surface area contributed by atoms with Crippen molar-refractivity contribution in [1.82, 2.24) is 0 Å². The molecule has 0 saturated carbocycles. The van der Waals surface area contributed by atoms with Gasteiger partial charge in [-0.25, -0.2) is 0 Å². The van der Waals surface area contributed by atoms with Gasteiger partial charge in [-0.3, -0.25) is 4.79 Å². The number of aliphatic hydroxyl groups excluding tert-OH is 1. The third-order valence-electron chi connectivity index (χ3n) is 2.69. The molecule has 1 rings (SSSR count). The average molecular weight is 232 g/mol. The molecule has 1 N–H and O–H groups in total. The average Bonchev–Trinajstić information content (AvgIpc) is 2.28. The van der Waals surface area contributed by atoms with Gasteiger partial charge in [0.15, 0.2) is 5.78 Å². The number of ketones is 1. The topological polar surface area (TPSA) is 37.3 Å². The lowest BCUT2D eigenvalue weighted by atomic mass is 9.94. The van der Waals surface area contributed by atoms with E-state index in [4.69, 9.17) is 5.11 Å². The van der Waals surface area contributed by atoms with Gasteiger partial charge in [-0.2, -0.15) is 0 Å². The minimum atomic E-state index is 0.0609. The molecule has 1 atom stereocenters. The van der Waals surface area contributed by atoms with Gasteiger partial charge in [0.05, 0.1) is 6.61 Å². The van der Waals surface area contributed by atoms with Crippen LogP contribution in [0.25, 0.3) is 0 Å². The van der Waals surface area contributed by atoms with Crippen LogP contribution in [-0.4, -0.2) is 10.9 Å². The lowest BCUT2D eigenvalue weighted by Gasteiger charge is -2.10. The van der Waals surface area contributed by atoms with Gasteiger partial charge in [-0.15, -0.1) is 0 Å². The number of benzene rings is 1. The maximum atomic E-state index is 11.6. The molecule has 0 aliphatic rings. The fourth-order valence-corrected chi connectivity index (χ4v) is 1.75. The second kappa shape index (κ2) is 6.36. The van der Waals surface area contributed by atoms with Crippen molar-refractivity contribution in [2.75, 3.05) is 0 Å². The Kier molecular flexibility index (Phi) is 5.11. The molecule has 92 valence electrons. The number of rotatable bonds is 5. The molecule has 0 aliphatic carbocycles. The summed E-state index contributed by atoms with van der Waals surface area (Å²) in [5.41, 5.74) is 3.08. The Morgan fingerprint density at radius 1 is 1.29 bits per heavy atom. The van der Waals surface area contributed by atoms with Gasteiger partial charge in [0.1, 0.15) is 0 Å². The Hall–Kier alpha value is -1.41. The molecule has 0 aliphatic heterocycles. The van der Waals surface area contributed by atoms with Gasteiger partial charge in [-0.1, -0.05) is 36.8 Å². The predicted octanol–water partition coefficient (Wildman–Crippen LogP) is 3.21. The van der Waals surface area contributed by atoms with Crippen LogP contribution in [0.3, 0.4) is 0 Å². The molecule has 0 aromatic heterocycles. The number of carbonyl (C=O) groups is 1. The van der Waals surface area contributed by atoms with E-state index in [1.807, 2.05) is 45.0 Å². The Bertz CT molecular complexity index is 397. The summed E-state index contributed by atoms with van der Waals surface area (Å²) in [4.78, 5) is 11.6. The quantitative estimate of drug-likeness (QED) is 0.791. The van der Waals surface area contributed by atoms with E-state index in [-0.39, 0.29) is 18.3 Å². The highest BCUT2D eigenvalue weighted by Crippen LogP contribution is 2.20. The van der Waals surface area contributed by atoms with E-state index in [1.165, 1.54) is 0 Å². The molecule has 1 aromatic rings. The summed E-state index contributed by atoms with van der Waals surface area (Å²) in [6.45, 7) is 5.97. The standard InChI is InChI=1S/C15H20O2/c1-11(2)8-15(17)9-12(3)14-6-4-13(10-16)5-7-14/h4-8,12,16H,9-10H2,1-3H3/t12-/m0/s1. The normalized spacial score (nSPS) is 12.0. The minimum Gasteiger partial charge on any atom is -0.392 e. The first-order chi connectivity index (χ1) is 8.02. The van der Waals surface area contributed by atoms with Gasteiger partial charge >= 0.3 is 0 Å². The van der Waals surface area contributed by atoms with E-state index in [0.29, 0.717) is 6.42 Å². The summed E-state index contributed by atoms with van der Waals surface area (Å²) < 4.78 is 0. The second-order valence-electron chi connectivity index (χ2n) is 4.69. The van der Waals surface area contributed by atoms with Crippen LogP contribution in [0.4, 0.5) is 0 Å². The zero-order chi connectivity index (χ0) is 12.8. The van der Waals surface area contributed by atoms with Crippen LogP contribution < -0.4 is 0 Å². The first-order valence-electron chi connectivity index (χ1n) is 5.90. The molecule has 0 radical (unpaired) electrons. The van der Waals surface area contributed by atoms with Crippen LogP contribution in [0, 0.1) is 0 Å². The van der Waals surface area contributed by atoms with Crippen molar-refractivity contribution in [2.24, 2.45) is 0 Å². The highest BCUT2D eigenvalue weighted by atomic mass is 16.3. The maximum absolute atomic E-state index is 11.6. The van der Waals surface area contributed by atoms with Crippen LogP contribution >= 0.6 is 0 Å². The van der Waals surface area contributed by atoms with Crippen molar-refractivity contribution >= 4 is 5.78 Å². The maximum Gasteiger partial charge on any atom is 0.156 e. The number of hydrogen-bond donors (Lipinski definition) is 1. The minimum absolute atomic E-state index is 0.0609. The van der Waals surface area contributed by atoms with E-state index >= 15 is 0 Å². The van der Waals surface area contributed by atoms with Gasteiger partial charge in [0.25, 0.3) is 0 Å². The Morgan fingerprint density at radius 2 is 1.88 bits per heavy atom. The van der Waals surface area contributed by atoms with Crippen molar-refractivity contribution in [3.05, 3.63) is 47.0 Å². The van der Waals surface area contributed by atoms with E-state index in [9.17, 15) is 4.79 Å². The fraction of sp³-hybridized carbons (Fsp3) is 0.400. The molecule has 0 heterocycles. The Balaban J connectivity index is 2.66.